The standard InChI is InChI=1S/C13H19BrN2O3S.ClH/c1-16-7-5-10(6-8-16)15-20(17,18)11-3-4-13(19-2)12(14)9-11;/h3-4,9-10,15H,5-8H2,1-2H3;1H. The Kier molecular flexibility index (Phi) is 6.93. The minimum atomic E-state index is -3.48. The average molecular weight is 400 g/mol. The van der Waals surface area contributed by atoms with Gasteiger partial charge in [-0.15, -0.1) is 12.4 Å². The molecular weight excluding hydrogens is 380 g/mol. The van der Waals surface area contributed by atoms with Gasteiger partial charge in [-0.1, -0.05) is 0 Å². The summed E-state index contributed by atoms with van der Waals surface area (Å²) in [4.78, 5) is 2.46. The van der Waals surface area contributed by atoms with E-state index in [1.54, 1.807) is 25.3 Å². The van der Waals surface area contributed by atoms with Gasteiger partial charge in [0.05, 0.1) is 16.5 Å². The number of nitrogens with zero attached hydrogens (tertiary/aromatic N) is 1. The van der Waals surface area contributed by atoms with Crippen molar-refractivity contribution in [1.82, 2.24) is 9.62 Å². The Hall–Kier alpha value is -0.340. The third kappa shape index (κ3) is 4.82. The maximum absolute atomic E-state index is 12.3. The quantitative estimate of drug-likeness (QED) is 0.843. The summed E-state index contributed by atoms with van der Waals surface area (Å²) in [7, 11) is 0.115. The van der Waals surface area contributed by atoms with E-state index in [-0.39, 0.29) is 23.3 Å². The van der Waals surface area contributed by atoms with Crippen molar-refractivity contribution in [2.24, 2.45) is 0 Å². The zero-order valence-corrected chi connectivity index (χ0v) is 15.2. The summed E-state index contributed by atoms with van der Waals surface area (Å²) in [6.45, 7) is 1.83. The smallest absolute Gasteiger partial charge is 0.240 e. The summed E-state index contributed by atoms with van der Waals surface area (Å²) in [5.41, 5.74) is 0. The predicted octanol–water partition coefficient (Wildman–Crippen LogP) is 2.25. The minimum Gasteiger partial charge on any atom is -0.496 e. The highest BCUT2D eigenvalue weighted by Gasteiger charge is 2.23. The number of hydrogen-bond donors (Lipinski definition) is 1. The number of piperidine rings is 1. The number of methoxy groups -OCH3 is 1. The van der Waals surface area contributed by atoms with Crippen LogP contribution in [0.4, 0.5) is 0 Å². The normalized spacial score (nSPS) is 17.3. The summed E-state index contributed by atoms with van der Waals surface area (Å²) in [5.74, 6) is 0.614. The molecule has 0 aromatic heterocycles. The van der Waals surface area contributed by atoms with Crippen LogP contribution in [0.1, 0.15) is 12.8 Å². The van der Waals surface area contributed by atoms with Crippen LogP contribution >= 0.6 is 28.3 Å². The zero-order chi connectivity index (χ0) is 14.8. The second-order valence-electron chi connectivity index (χ2n) is 5.00. The van der Waals surface area contributed by atoms with Crippen molar-refractivity contribution in [1.29, 1.82) is 0 Å². The number of halogens is 2. The first-order valence-electron chi connectivity index (χ1n) is 6.47. The van der Waals surface area contributed by atoms with Gasteiger partial charge in [-0.2, -0.15) is 0 Å². The first-order chi connectivity index (χ1) is 9.42. The molecule has 8 heteroatoms. The van der Waals surface area contributed by atoms with E-state index in [2.05, 4.69) is 25.6 Å². The molecule has 0 aliphatic carbocycles. The van der Waals surface area contributed by atoms with Gasteiger partial charge in [-0.3, -0.25) is 0 Å². The van der Waals surface area contributed by atoms with Crippen LogP contribution in [0.15, 0.2) is 27.6 Å². The molecule has 5 nitrogen and oxygen atoms in total. The van der Waals surface area contributed by atoms with Crippen molar-refractivity contribution >= 4 is 38.4 Å². The van der Waals surface area contributed by atoms with Gasteiger partial charge in [0.2, 0.25) is 10.0 Å². The molecule has 21 heavy (non-hydrogen) atoms. The number of benzene rings is 1. The Labute approximate surface area is 140 Å². The van der Waals surface area contributed by atoms with Gasteiger partial charge in [0, 0.05) is 6.04 Å². The molecule has 120 valence electrons. The van der Waals surface area contributed by atoms with Gasteiger partial charge >= 0.3 is 0 Å². The molecule has 0 radical (unpaired) electrons. The molecule has 1 heterocycles. The van der Waals surface area contributed by atoms with Crippen LogP contribution in [-0.2, 0) is 10.0 Å². The van der Waals surface area contributed by atoms with Crippen LogP contribution in [0, 0.1) is 0 Å². The van der Waals surface area contributed by atoms with Crippen molar-refractivity contribution in [2.75, 3.05) is 27.2 Å². The van der Waals surface area contributed by atoms with Crippen LogP contribution in [0.3, 0.4) is 0 Å². The summed E-state index contributed by atoms with van der Waals surface area (Å²) in [6.07, 6.45) is 1.68. The first-order valence-corrected chi connectivity index (χ1v) is 8.74. The van der Waals surface area contributed by atoms with Gasteiger partial charge in [-0.25, -0.2) is 13.1 Å². The molecule has 1 aliphatic heterocycles. The molecule has 0 spiro atoms. The molecule has 0 unspecified atom stereocenters. The lowest BCUT2D eigenvalue weighted by atomic mass is 10.1. The molecule has 0 amide bonds. The van der Waals surface area contributed by atoms with E-state index >= 15 is 0 Å². The molecule has 2 rings (SSSR count). The van der Waals surface area contributed by atoms with Gasteiger partial charge in [0.1, 0.15) is 5.75 Å². The fraction of sp³-hybridized carbons (Fsp3) is 0.538. The maximum Gasteiger partial charge on any atom is 0.240 e. The molecule has 0 atom stereocenters. The molecule has 0 bridgehead atoms. The van der Waals surface area contributed by atoms with Crippen molar-refractivity contribution in [3.63, 3.8) is 0 Å². The van der Waals surface area contributed by atoms with Gasteiger partial charge in [-0.05, 0) is 67.1 Å². The highest BCUT2D eigenvalue weighted by Crippen LogP contribution is 2.27. The molecular formula is C13H20BrClN2O3S. The van der Waals surface area contributed by atoms with E-state index in [4.69, 9.17) is 4.74 Å². The Morgan fingerprint density at radius 1 is 1.33 bits per heavy atom. The molecule has 1 aliphatic rings. The Morgan fingerprint density at radius 2 is 1.95 bits per heavy atom. The van der Waals surface area contributed by atoms with Crippen LogP contribution < -0.4 is 9.46 Å². The van der Waals surface area contributed by atoms with Gasteiger partial charge in [0.25, 0.3) is 0 Å². The van der Waals surface area contributed by atoms with Crippen molar-refractivity contribution < 1.29 is 13.2 Å². The maximum atomic E-state index is 12.3. The largest absolute Gasteiger partial charge is 0.496 e. The molecule has 1 aromatic carbocycles. The monoisotopic (exact) mass is 398 g/mol. The lowest BCUT2D eigenvalue weighted by Crippen LogP contribution is -2.43. The number of ether oxygens (including phenoxy) is 1. The highest BCUT2D eigenvalue weighted by atomic mass is 79.9. The number of rotatable bonds is 4. The summed E-state index contributed by atoms with van der Waals surface area (Å²) < 4.78 is 33.2. The molecule has 0 saturated carbocycles. The van der Waals surface area contributed by atoms with Crippen LogP contribution in [0.5, 0.6) is 5.75 Å². The van der Waals surface area contributed by atoms with Crippen LogP contribution in [0.25, 0.3) is 0 Å². The minimum absolute atomic E-state index is 0. The fourth-order valence-corrected chi connectivity index (χ4v) is 4.25. The predicted molar refractivity (Wildman–Crippen MR) is 88.8 cm³/mol. The fourth-order valence-electron chi connectivity index (χ4n) is 2.23. The van der Waals surface area contributed by atoms with E-state index < -0.39 is 10.0 Å². The van der Waals surface area contributed by atoms with Crippen LogP contribution in [-0.4, -0.2) is 46.6 Å². The number of sulfonamides is 1. The first kappa shape index (κ1) is 18.7. The van der Waals surface area contributed by atoms with E-state index in [0.717, 1.165) is 25.9 Å². The molecule has 1 N–H and O–H groups in total. The molecule has 1 fully saturated rings. The third-order valence-corrected chi connectivity index (χ3v) is 5.61. The van der Waals surface area contributed by atoms with E-state index in [9.17, 15) is 8.42 Å². The second-order valence-corrected chi connectivity index (χ2v) is 7.56. The van der Waals surface area contributed by atoms with Crippen LogP contribution in [0.2, 0.25) is 0 Å². The lowest BCUT2D eigenvalue weighted by Gasteiger charge is -2.29. The zero-order valence-electron chi connectivity index (χ0n) is 12.0. The topological polar surface area (TPSA) is 58.6 Å². The summed E-state index contributed by atoms with van der Waals surface area (Å²) in [5, 5.41) is 0. The third-order valence-electron chi connectivity index (χ3n) is 3.47. The lowest BCUT2D eigenvalue weighted by molar-refractivity contribution is 0.248. The highest BCUT2D eigenvalue weighted by molar-refractivity contribution is 9.10. The summed E-state index contributed by atoms with van der Waals surface area (Å²) in [6, 6.07) is 4.78. The Balaban J connectivity index is 0.00000220. The van der Waals surface area contributed by atoms with Crippen molar-refractivity contribution in [3.8, 4) is 5.75 Å². The van der Waals surface area contributed by atoms with Crippen molar-refractivity contribution in [3.05, 3.63) is 22.7 Å². The second kappa shape index (κ2) is 7.78. The van der Waals surface area contributed by atoms with Gasteiger partial charge < -0.3 is 9.64 Å². The van der Waals surface area contributed by atoms with Gasteiger partial charge in [0.15, 0.2) is 0 Å². The average Bonchev–Trinajstić information content (AvgIpc) is 2.41. The number of likely N-dealkylation sites (tertiary alicyclic amines) is 1. The SMILES string of the molecule is COc1ccc(S(=O)(=O)NC2CCN(C)CC2)cc1Br.Cl. The van der Waals surface area contributed by atoms with E-state index in [1.807, 2.05) is 7.05 Å². The Bertz CT molecular complexity index is 575. The van der Waals surface area contributed by atoms with E-state index in [1.165, 1.54) is 0 Å². The summed E-state index contributed by atoms with van der Waals surface area (Å²) >= 11 is 3.31. The number of nitrogens with one attached hydrogen (secondary N) is 1. The molecule has 1 saturated heterocycles. The molecule has 1 aromatic rings. The van der Waals surface area contributed by atoms with E-state index in [0.29, 0.717) is 10.2 Å². The van der Waals surface area contributed by atoms with Crippen molar-refractivity contribution in [2.45, 2.75) is 23.8 Å². The number of hydrogen-bond acceptors (Lipinski definition) is 4. The Morgan fingerprint density at radius 3 is 2.48 bits per heavy atom.